The van der Waals surface area contributed by atoms with Crippen LogP contribution in [0.1, 0.15) is 24.0 Å². The van der Waals surface area contributed by atoms with Crippen LogP contribution in [0.2, 0.25) is 5.02 Å². The van der Waals surface area contributed by atoms with E-state index in [1.807, 2.05) is 17.0 Å². The van der Waals surface area contributed by atoms with Crippen LogP contribution in [0.25, 0.3) is 11.1 Å². The molecule has 0 bridgehead atoms. The van der Waals surface area contributed by atoms with E-state index in [1.165, 1.54) is 27.1 Å². The number of nitrogens with zero attached hydrogens (tertiary/aromatic N) is 3. The van der Waals surface area contributed by atoms with E-state index in [2.05, 4.69) is 76.7 Å². The number of carbonyl (C=O) groups excluding carboxylic acids is 1. The first-order valence-electron chi connectivity index (χ1n) is 14.5. The zero-order valence-electron chi connectivity index (χ0n) is 23.9. The second-order valence-electron chi connectivity index (χ2n) is 11.0. The van der Waals surface area contributed by atoms with Gasteiger partial charge in [-0.3, -0.25) is 9.69 Å². The van der Waals surface area contributed by atoms with Gasteiger partial charge >= 0.3 is 0 Å². The third kappa shape index (κ3) is 8.37. The fourth-order valence-electron chi connectivity index (χ4n) is 6.10. The number of amides is 1. The van der Waals surface area contributed by atoms with Crippen molar-refractivity contribution in [3.8, 4) is 11.1 Å². The molecule has 0 aromatic heterocycles. The van der Waals surface area contributed by atoms with E-state index in [9.17, 15) is 4.79 Å². The quantitative estimate of drug-likeness (QED) is 0.277. The van der Waals surface area contributed by atoms with Crippen LogP contribution in [0, 0.1) is 5.92 Å². The van der Waals surface area contributed by atoms with E-state index in [4.69, 9.17) is 17.3 Å². The molecule has 0 aliphatic carbocycles. The predicted molar refractivity (Wildman–Crippen MR) is 178 cm³/mol. The Morgan fingerprint density at radius 3 is 2.29 bits per heavy atom. The number of rotatable bonds is 9. The first-order chi connectivity index (χ1) is 19.5. The number of halogens is 2. The number of hydrogen-bond donors (Lipinski definition) is 1. The molecule has 3 aromatic carbocycles. The van der Waals surface area contributed by atoms with Crippen molar-refractivity contribution >= 4 is 46.3 Å². The molecule has 0 saturated carbocycles. The lowest BCUT2D eigenvalue weighted by Gasteiger charge is -2.39. The molecule has 1 amide bonds. The van der Waals surface area contributed by atoms with Crippen LogP contribution in [-0.2, 0) is 17.8 Å². The predicted octanol–water partition coefficient (Wildman–Crippen LogP) is 6.23. The average Bonchev–Trinajstić information content (AvgIpc) is 3.01. The summed E-state index contributed by atoms with van der Waals surface area (Å²) in [6.07, 6.45) is 5.02. The molecule has 41 heavy (non-hydrogen) atoms. The first kappa shape index (κ1) is 32.1. The molecule has 0 spiro atoms. The number of hydrogen-bond acceptors (Lipinski definition) is 5. The number of nitrogens with two attached hydrogens (primary N) is 1. The van der Waals surface area contributed by atoms with Crippen LogP contribution in [-0.4, -0.2) is 78.7 Å². The summed E-state index contributed by atoms with van der Waals surface area (Å²) in [7, 11) is 0. The Morgan fingerprint density at radius 2 is 1.59 bits per heavy atom. The molecular weight excluding hydrogens is 616 g/mol. The van der Waals surface area contributed by atoms with Crippen LogP contribution in [0.3, 0.4) is 0 Å². The molecule has 5 rings (SSSR count). The largest absolute Gasteiger partial charge is 0.339 e. The summed E-state index contributed by atoms with van der Waals surface area (Å²) in [5.41, 5.74) is 11.7. The Bertz CT molecular complexity index is 1260. The van der Waals surface area contributed by atoms with Gasteiger partial charge in [-0.15, -0.1) is 28.7 Å². The second-order valence-corrected chi connectivity index (χ2v) is 12.3. The minimum absolute atomic E-state index is 0. The average molecular weight is 658 g/mol. The number of piperazine rings is 1. The Kier molecular flexibility index (Phi) is 12.2. The Hall–Kier alpha value is -1.87. The molecule has 2 heterocycles. The highest BCUT2D eigenvalue weighted by atomic mass is 79.9. The van der Waals surface area contributed by atoms with Gasteiger partial charge in [0, 0.05) is 49.2 Å². The van der Waals surface area contributed by atoms with Crippen molar-refractivity contribution in [2.45, 2.75) is 36.7 Å². The molecule has 2 aliphatic heterocycles. The van der Waals surface area contributed by atoms with E-state index in [-0.39, 0.29) is 28.8 Å². The van der Waals surface area contributed by atoms with Crippen LogP contribution in [0.15, 0.2) is 77.7 Å². The van der Waals surface area contributed by atoms with E-state index in [0.29, 0.717) is 0 Å². The molecule has 2 N–H and O–H groups in total. The summed E-state index contributed by atoms with van der Waals surface area (Å²) in [4.78, 5) is 21.6. The van der Waals surface area contributed by atoms with E-state index < -0.39 is 6.04 Å². The Morgan fingerprint density at radius 1 is 0.902 bits per heavy atom. The van der Waals surface area contributed by atoms with Crippen molar-refractivity contribution in [2.75, 3.05) is 52.1 Å². The van der Waals surface area contributed by atoms with Crippen molar-refractivity contribution in [1.82, 2.24) is 14.7 Å². The molecule has 8 heteroatoms. The SMILES string of the molecule is Br.CSc1ccccc1CN1CCN(C(=O)C(N)C2CCN(CCc3cc(Cl)ccc3-c3ccccc3)CC2)CC1. The molecule has 2 fully saturated rings. The standard InChI is InChI=1S/C33H41ClN4OS.BrH/c1-40-31-10-6-5-9-28(31)24-37-19-21-38(22-20-37)33(39)32(35)26-13-16-36(17-14-26)18-15-27-23-29(34)11-12-30(27)25-7-3-2-4-8-25;/h2-12,23,26,32H,13-22,24,35H2,1H3;1H. The fraction of sp³-hybridized carbons (Fsp3) is 0.424. The van der Waals surface area contributed by atoms with Crippen LogP contribution in [0.4, 0.5) is 0 Å². The van der Waals surface area contributed by atoms with Crippen molar-refractivity contribution in [3.05, 3.63) is 88.9 Å². The molecule has 1 atom stereocenters. The van der Waals surface area contributed by atoms with Crippen molar-refractivity contribution in [3.63, 3.8) is 0 Å². The maximum Gasteiger partial charge on any atom is 0.239 e. The minimum atomic E-state index is -0.400. The Labute approximate surface area is 265 Å². The van der Waals surface area contributed by atoms with Gasteiger partial charge in [0.1, 0.15) is 0 Å². The van der Waals surface area contributed by atoms with Gasteiger partial charge in [-0.25, -0.2) is 0 Å². The molecule has 3 aromatic rings. The monoisotopic (exact) mass is 656 g/mol. The highest BCUT2D eigenvalue weighted by molar-refractivity contribution is 8.93. The number of likely N-dealkylation sites (tertiary alicyclic amines) is 1. The topological polar surface area (TPSA) is 52.8 Å². The summed E-state index contributed by atoms with van der Waals surface area (Å²) in [5.74, 6) is 0.385. The number of piperidine rings is 1. The molecule has 2 saturated heterocycles. The number of thioether (sulfide) groups is 1. The second kappa shape index (κ2) is 15.6. The van der Waals surface area contributed by atoms with E-state index >= 15 is 0 Å². The minimum Gasteiger partial charge on any atom is -0.339 e. The third-order valence-electron chi connectivity index (χ3n) is 8.55. The van der Waals surface area contributed by atoms with Gasteiger partial charge in [-0.1, -0.05) is 66.2 Å². The van der Waals surface area contributed by atoms with Gasteiger partial charge in [0.25, 0.3) is 0 Å². The number of benzene rings is 3. The van der Waals surface area contributed by atoms with Crippen molar-refractivity contribution in [1.29, 1.82) is 0 Å². The summed E-state index contributed by atoms with van der Waals surface area (Å²) in [6.45, 7) is 7.20. The summed E-state index contributed by atoms with van der Waals surface area (Å²) >= 11 is 8.16. The normalized spacial score (nSPS) is 17.7. The van der Waals surface area contributed by atoms with Gasteiger partial charge in [0.05, 0.1) is 6.04 Å². The lowest BCUT2D eigenvalue weighted by molar-refractivity contribution is -0.136. The van der Waals surface area contributed by atoms with Crippen LogP contribution < -0.4 is 5.73 Å². The van der Waals surface area contributed by atoms with Crippen molar-refractivity contribution < 1.29 is 4.79 Å². The fourth-order valence-corrected chi connectivity index (χ4v) is 6.90. The zero-order chi connectivity index (χ0) is 27.9. The maximum absolute atomic E-state index is 13.3. The lowest BCUT2D eigenvalue weighted by Crippen LogP contribution is -2.55. The molecule has 2 aliphatic rings. The lowest BCUT2D eigenvalue weighted by atomic mass is 9.88. The summed E-state index contributed by atoms with van der Waals surface area (Å²) < 4.78 is 0. The smallest absolute Gasteiger partial charge is 0.239 e. The van der Waals surface area contributed by atoms with E-state index in [0.717, 1.165) is 76.6 Å². The maximum atomic E-state index is 13.3. The van der Waals surface area contributed by atoms with Gasteiger partial charge in [-0.2, -0.15) is 0 Å². The Balaban J connectivity index is 0.00000387. The highest BCUT2D eigenvalue weighted by Crippen LogP contribution is 2.28. The van der Waals surface area contributed by atoms with E-state index in [1.54, 1.807) is 11.8 Å². The number of carbonyl (C=O) groups is 1. The summed E-state index contributed by atoms with van der Waals surface area (Å²) in [5, 5.41) is 0.781. The molecule has 0 radical (unpaired) electrons. The van der Waals surface area contributed by atoms with Gasteiger partial charge in [-0.05, 0) is 85.0 Å². The first-order valence-corrected chi connectivity index (χ1v) is 16.1. The van der Waals surface area contributed by atoms with Crippen LogP contribution >= 0.6 is 40.3 Å². The molecule has 220 valence electrons. The van der Waals surface area contributed by atoms with Crippen molar-refractivity contribution in [2.24, 2.45) is 11.7 Å². The van der Waals surface area contributed by atoms with Gasteiger partial charge < -0.3 is 15.5 Å². The van der Waals surface area contributed by atoms with Crippen LogP contribution in [0.5, 0.6) is 0 Å². The van der Waals surface area contributed by atoms with Gasteiger partial charge in [0.2, 0.25) is 5.91 Å². The molecule has 5 nitrogen and oxygen atoms in total. The summed E-state index contributed by atoms with van der Waals surface area (Å²) in [6, 6.07) is 24.9. The highest BCUT2D eigenvalue weighted by Gasteiger charge is 2.32. The molecule has 1 unspecified atom stereocenters. The zero-order valence-corrected chi connectivity index (χ0v) is 27.2. The third-order valence-corrected chi connectivity index (χ3v) is 9.62. The molecular formula is C33H42BrClN4OS. The van der Waals surface area contributed by atoms with Gasteiger partial charge in [0.15, 0.2) is 0 Å².